The molecule has 0 bridgehead atoms. The SMILES string of the molecule is COC(=O)c1csc(C(C)Nc2cnc(C(F)F)cn2)n1. The molecule has 0 saturated carbocycles. The Morgan fingerprint density at radius 1 is 1.38 bits per heavy atom. The third-order valence-electron chi connectivity index (χ3n) is 2.55. The first-order valence-electron chi connectivity index (χ1n) is 5.91. The average molecular weight is 314 g/mol. The molecule has 2 heterocycles. The molecule has 0 saturated heterocycles. The molecule has 2 aromatic rings. The summed E-state index contributed by atoms with van der Waals surface area (Å²) in [4.78, 5) is 22.9. The Balaban J connectivity index is 2.05. The van der Waals surface area contributed by atoms with E-state index in [-0.39, 0.29) is 17.4 Å². The highest BCUT2D eigenvalue weighted by Gasteiger charge is 2.16. The summed E-state index contributed by atoms with van der Waals surface area (Å²) in [5.41, 5.74) is -0.152. The Bertz CT molecular complexity index is 618. The van der Waals surface area contributed by atoms with Crippen LogP contribution in [0, 0.1) is 0 Å². The second kappa shape index (κ2) is 6.53. The highest BCUT2D eigenvalue weighted by Crippen LogP contribution is 2.22. The molecule has 0 fully saturated rings. The Morgan fingerprint density at radius 2 is 2.14 bits per heavy atom. The van der Waals surface area contributed by atoms with Crippen molar-refractivity contribution < 1.29 is 18.3 Å². The number of ether oxygens (including phenoxy) is 1. The Morgan fingerprint density at radius 3 is 2.71 bits per heavy atom. The van der Waals surface area contributed by atoms with Gasteiger partial charge in [0.2, 0.25) is 0 Å². The molecule has 0 spiro atoms. The number of esters is 1. The van der Waals surface area contributed by atoms with Crippen LogP contribution in [0.25, 0.3) is 0 Å². The second-order valence-corrected chi connectivity index (χ2v) is 4.95. The van der Waals surface area contributed by atoms with Crippen LogP contribution in [0.2, 0.25) is 0 Å². The molecule has 2 aromatic heterocycles. The summed E-state index contributed by atoms with van der Waals surface area (Å²) < 4.78 is 29.3. The number of rotatable bonds is 5. The standard InChI is InChI=1S/C12H12F2N4O2S/c1-6(11-18-8(5-21-11)12(19)20-2)17-9-4-15-7(3-16-9)10(13)14/h3-6,10H,1-2H3,(H,16,17). The second-order valence-electron chi connectivity index (χ2n) is 4.06. The first-order chi connectivity index (χ1) is 10.0. The lowest BCUT2D eigenvalue weighted by atomic mass is 10.3. The number of aromatic nitrogens is 3. The number of carbonyl (C=O) groups is 1. The van der Waals surface area contributed by atoms with E-state index in [0.717, 1.165) is 6.20 Å². The molecule has 0 amide bonds. The number of carbonyl (C=O) groups excluding carboxylic acids is 1. The van der Waals surface area contributed by atoms with E-state index < -0.39 is 12.4 Å². The first-order valence-corrected chi connectivity index (χ1v) is 6.79. The fraction of sp³-hybridized carbons (Fsp3) is 0.333. The molecular formula is C12H12F2N4O2S. The summed E-state index contributed by atoms with van der Waals surface area (Å²) in [6.45, 7) is 1.81. The van der Waals surface area contributed by atoms with E-state index in [1.807, 2.05) is 6.92 Å². The van der Waals surface area contributed by atoms with Crippen molar-refractivity contribution in [2.24, 2.45) is 0 Å². The van der Waals surface area contributed by atoms with Crippen LogP contribution in [0.15, 0.2) is 17.8 Å². The van der Waals surface area contributed by atoms with E-state index in [1.54, 1.807) is 5.38 Å². The smallest absolute Gasteiger partial charge is 0.357 e. The quantitative estimate of drug-likeness (QED) is 0.855. The molecule has 0 aliphatic rings. The monoisotopic (exact) mass is 314 g/mol. The van der Waals surface area contributed by atoms with Crippen LogP contribution in [0.3, 0.4) is 0 Å². The van der Waals surface area contributed by atoms with Gasteiger partial charge in [-0.05, 0) is 6.92 Å². The molecule has 112 valence electrons. The van der Waals surface area contributed by atoms with Crippen LogP contribution < -0.4 is 5.32 Å². The van der Waals surface area contributed by atoms with Gasteiger partial charge >= 0.3 is 5.97 Å². The summed E-state index contributed by atoms with van der Waals surface area (Å²) in [7, 11) is 1.28. The number of methoxy groups -OCH3 is 1. The van der Waals surface area contributed by atoms with Gasteiger partial charge in [0.15, 0.2) is 5.69 Å². The molecule has 0 aliphatic carbocycles. The zero-order valence-corrected chi connectivity index (χ0v) is 12.0. The minimum atomic E-state index is -2.65. The molecule has 0 radical (unpaired) electrons. The zero-order valence-electron chi connectivity index (χ0n) is 11.2. The summed E-state index contributed by atoms with van der Waals surface area (Å²) in [6.07, 6.45) is -0.403. The lowest BCUT2D eigenvalue weighted by molar-refractivity contribution is 0.0594. The van der Waals surface area contributed by atoms with Gasteiger partial charge in [0.1, 0.15) is 16.5 Å². The van der Waals surface area contributed by atoms with Gasteiger partial charge in [-0.25, -0.2) is 28.5 Å². The zero-order chi connectivity index (χ0) is 15.4. The van der Waals surface area contributed by atoms with Gasteiger partial charge in [0.05, 0.1) is 25.5 Å². The van der Waals surface area contributed by atoms with Crippen molar-refractivity contribution in [1.82, 2.24) is 15.0 Å². The molecule has 9 heteroatoms. The van der Waals surface area contributed by atoms with Crippen LogP contribution in [-0.2, 0) is 4.74 Å². The van der Waals surface area contributed by atoms with E-state index in [1.165, 1.54) is 24.6 Å². The van der Waals surface area contributed by atoms with E-state index in [0.29, 0.717) is 10.8 Å². The summed E-state index contributed by atoms with van der Waals surface area (Å²) in [6, 6.07) is -0.250. The molecule has 1 atom stereocenters. The number of anilines is 1. The fourth-order valence-electron chi connectivity index (χ4n) is 1.49. The molecular weight excluding hydrogens is 302 g/mol. The lowest BCUT2D eigenvalue weighted by Crippen LogP contribution is -2.09. The molecule has 2 rings (SSSR count). The van der Waals surface area contributed by atoms with E-state index in [2.05, 4.69) is 25.0 Å². The summed E-state index contributed by atoms with van der Waals surface area (Å²) in [5.74, 6) is -0.160. The number of halogens is 2. The van der Waals surface area contributed by atoms with Crippen molar-refractivity contribution in [2.45, 2.75) is 19.4 Å². The third kappa shape index (κ3) is 3.69. The third-order valence-corrected chi connectivity index (χ3v) is 3.57. The first kappa shape index (κ1) is 15.2. The molecule has 21 heavy (non-hydrogen) atoms. The molecule has 0 aromatic carbocycles. The van der Waals surface area contributed by atoms with Gasteiger partial charge in [-0.1, -0.05) is 0 Å². The van der Waals surface area contributed by atoms with Crippen molar-refractivity contribution in [1.29, 1.82) is 0 Å². The topological polar surface area (TPSA) is 77.0 Å². The summed E-state index contributed by atoms with van der Waals surface area (Å²) in [5, 5.41) is 5.21. The van der Waals surface area contributed by atoms with Crippen molar-refractivity contribution in [2.75, 3.05) is 12.4 Å². The number of hydrogen-bond donors (Lipinski definition) is 1. The van der Waals surface area contributed by atoms with E-state index in [4.69, 9.17) is 0 Å². The number of nitrogens with zero attached hydrogens (tertiary/aromatic N) is 3. The Kier molecular flexibility index (Phi) is 4.73. The van der Waals surface area contributed by atoms with Crippen molar-refractivity contribution >= 4 is 23.1 Å². The van der Waals surface area contributed by atoms with Gasteiger partial charge in [-0.15, -0.1) is 11.3 Å². The maximum Gasteiger partial charge on any atom is 0.357 e. The molecule has 1 unspecified atom stereocenters. The van der Waals surface area contributed by atoms with Crippen LogP contribution >= 0.6 is 11.3 Å². The van der Waals surface area contributed by atoms with Gasteiger partial charge in [0.25, 0.3) is 6.43 Å². The van der Waals surface area contributed by atoms with Gasteiger partial charge in [0, 0.05) is 5.38 Å². The number of nitrogens with one attached hydrogen (secondary N) is 1. The van der Waals surface area contributed by atoms with Crippen molar-refractivity contribution in [3.8, 4) is 0 Å². The lowest BCUT2D eigenvalue weighted by Gasteiger charge is -2.11. The minimum Gasteiger partial charge on any atom is -0.464 e. The number of hydrogen-bond acceptors (Lipinski definition) is 7. The number of thiazole rings is 1. The Hall–Kier alpha value is -2.16. The van der Waals surface area contributed by atoms with Crippen LogP contribution in [0.5, 0.6) is 0 Å². The number of alkyl halides is 2. The van der Waals surface area contributed by atoms with E-state index >= 15 is 0 Å². The van der Waals surface area contributed by atoms with Gasteiger partial charge in [-0.3, -0.25) is 0 Å². The van der Waals surface area contributed by atoms with Gasteiger partial charge < -0.3 is 10.1 Å². The maximum atomic E-state index is 12.4. The fourth-order valence-corrected chi connectivity index (χ4v) is 2.29. The molecule has 1 N–H and O–H groups in total. The maximum absolute atomic E-state index is 12.4. The molecule has 6 nitrogen and oxygen atoms in total. The largest absolute Gasteiger partial charge is 0.464 e. The summed E-state index contributed by atoms with van der Waals surface area (Å²) >= 11 is 1.29. The highest BCUT2D eigenvalue weighted by molar-refractivity contribution is 7.09. The predicted octanol–water partition coefficient (Wildman–Crippen LogP) is 2.83. The Labute approximate surface area is 123 Å². The van der Waals surface area contributed by atoms with E-state index in [9.17, 15) is 13.6 Å². The average Bonchev–Trinajstić information content (AvgIpc) is 2.97. The van der Waals surface area contributed by atoms with Crippen molar-refractivity contribution in [3.05, 3.63) is 34.2 Å². The highest BCUT2D eigenvalue weighted by atomic mass is 32.1. The normalized spacial score (nSPS) is 12.2. The molecule has 0 aliphatic heterocycles. The van der Waals surface area contributed by atoms with Crippen LogP contribution in [0.4, 0.5) is 14.6 Å². The van der Waals surface area contributed by atoms with Crippen LogP contribution in [-0.4, -0.2) is 28.0 Å². The minimum absolute atomic E-state index is 0.227. The van der Waals surface area contributed by atoms with Gasteiger partial charge in [-0.2, -0.15) is 0 Å². The predicted molar refractivity (Wildman–Crippen MR) is 72.5 cm³/mol. The van der Waals surface area contributed by atoms with Crippen LogP contribution in [0.1, 0.15) is 40.6 Å². The van der Waals surface area contributed by atoms with Crippen molar-refractivity contribution in [3.63, 3.8) is 0 Å².